The van der Waals surface area contributed by atoms with E-state index in [2.05, 4.69) is 15.3 Å². The summed E-state index contributed by atoms with van der Waals surface area (Å²) in [5.41, 5.74) is 0.972. The maximum atomic E-state index is 12.0. The average Bonchev–Trinajstić information content (AvgIpc) is 2.53. The number of anilines is 1. The van der Waals surface area contributed by atoms with Crippen molar-refractivity contribution in [2.75, 3.05) is 24.4 Å². The molecule has 0 saturated carbocycles. The number of esters is 1. The van der Waals surface area contributed by atoms with Crippen LogP contribution in [0.4, 0.5) is 5.95 Å². The van der Waals surface area contributed by atoms with Gasteiger partial charge in [-0.2, -0.15) is 11.8 Å². The molecule has 1 aromatic heterocycles. The summed E-state index contributed by atoms with van der Waals surface area (Å²) in [6.45, 7) is 1.85. The van der Waals surface area contributed by atoms with Crippen molar-refractivity contribution in [1.29, 1.82) is 0 Å². The Kier molecular flexibility index (Phi) is 5.32. The van der Waals surface area contributed by atoms with Gasteiger partial charge in [0.1, 0.15) is 0 Å². The highest BCUT2D eigenvalue weighted by Crippen LogP contribution is 2.18. The van der Waals surface area contributed by atoms with Crippen LogP contribution in [-0.2, 0) is 9.53 Å². The van der Waals surface area contributed by atoms with Crippen LogP contribution in [0, 0.1) is 5.92 Å². The number of hydrogen-bond acceptors (Lipinski definition) is 6. The van der Waals surface area contributed by atoms with E-state index in [0.29, 0.717) is 16.5 Å². The number of rotatable bonds is 5. The number of aromatic nitrogens is 2. The fourth-order valence-electron chi connectivity index (χ4n) is 1.96. The predicted molar refractivity (Wildman–Crippen MR) is 87.1 cm³/mol. The lowest BCUT2D eigenvalue weighted by atomic mass is 10.1. The number of nitrogens with zero attached hydrogens (tertiary/aromatic N) is 2. The molecule has 0 aliphatic rings. The van der Waals surface area contributed by atoms with E-state index in [1.54, 1.807) is 30.0 Å². The molecule has 2 rings (SSSR count). The van der Waals surface area contributed by atoms with Crippen molar-refractivity contribution in [2.24, 2.45) is 5.92 Å². The summed E-state index contributed by atoms with van der Waals surface area (Å²) in [6.07, 6.45) is 3.47. The Morgan fingerprint density at radius 1 is 1.41 bits per heavy atom. The average molecular weight is 319 g/mol. The number of nitrogens with one attached hydrogen (secondary N) is 1. The number of ether oxygens (including phenoxy) is 1. The van der Waals surface area contributed by atoms with Crippen molar-refractivity contribution in [3.8, 4) is 0 Å². The van der Waals surface area contributed by atoms with E-state index in [9.17, 15) is 9.59 Å². The minimum atomic E-state index is -0.445. The smallest absolute Gasteiger partial charge is 0.338 e. The van der Waals surface area contributed by atoms with E-state index >= 15 is 0 Å². The summed E-state index contributed by atoms with van der Waals surface area (Å²) in [5, 5.41) is 3.28. The molecule has 116 valence electrons. The van der Waals surface area contributed by atoms with Crippen molar-refractivity contribution in [3.05, 3.63) is 30.0 Å². The Bertz CT molecular complexity index is 705. The van der Waals surface area contributed by atoms with Crippen LogP contribution in [-0.4, -0.2) is 41.0 Å². The Labute approximate surface area is 132 Å². The van der Waals surface area contributed by atoms with Gasteiger partial charge < -0.3 is 4.74 Å². The molecule has 0 aliphatic heterocycles. The van der Waals surface area contributed by atoms with Crippen LogP contribution in [0.5, 0.6) is 0 Å². The topological polar surface area (TPSA) is 81.2 Å². The maximum Gasteiger partial charge on any atom is 0.338 e. The molecule has 0 saturated heterocycles. The van der Waals surface area contributed by atoms with E-state index in [-0.39, 0.29) is 17.8 Å². The molecular formula is C15H17N3O3S. The number of carbonyl (C=O) groups is 2. The molecule has 0 aliphatic carbocycles. The molecule has 2 aromatic rings. The first kappa shape index (κ1) is 16.2. The SMILES string of the molecule is COC(=O)c1cccc2nc(NC(=O)C(C)CSC)ncc12. The normalized spacial score (nSPS) is 12.0. The van der Waals surface area contributed by atoms with Gasteiger partial charge in [-0.05, 0) is 18.4 Å². The number of hydrogen-bond donors (Lipinski definition) is 1. The summed E-state index contributed by atoms with van der Waals surface area (Å²) in [6, 6.07) is 5.12. The van der Waals surface area contributed by atoms with Crippen LogP contribution < -0.4 is 5.32 Å². The third-order valence-electron chi connectivity index (χ3n) is 3.13. The first-order valence-electron chi connectivity index (χ1n) is 6.70. The molecule has 7 heteroatoms. The van der Waals surface area contributed by atoms with Gasteiger partial charge in [0.2, 0.25) is 11.9 Å². The minimum Gasteiger partial charge on any atom is -0.465 e. The van der Waals surface area contributed by atoms with Gasteiger partial charge in [0.15, 0.2) is 0 Å². The summed E-state index contributed by atoms with van der Waals surface area (Å²) < 4.78 is 4.73. The van der Waals surface area contributed by atoms with Crippen molar-refractivity contribution in [3.63, 3.8) is 0 Å². The van der Waals surface area contributed by atoms with Crippen LogP contribution in [0.1, 0.15) is 17.3 Å². The third-order valence-corrected chi connectivity index (χ3v) is 3.96. The second-order valence-electron chi connectivity index (χ2n) is 4.77. The fraction of sp³-hybridized carbons (Fsp3) is 0.333. The minimum absolute atomic E-state index is 0.127. The van der Waals surface area contributed by atoms with E-state index in [0.717, 1.165) is 5.75 Å². The molecule has 1 N–H and O–H groups in total. The Morgan fingerprint density at radius 3 is 2.86 bits per heavy atom. The Morgan fingerprint density at radius 2 is 2.18 bits per heavy atom. The number of thioether (sulfide) groups is 1. The van der Waals surface area contributed by atoms with Gasteiger partial charge in [0.05, 0.1) is 18.2 Å². The zero-order valence-electron chi connectivity index (χ0n) is 12.6. The number of methoxy groups -OCH3 is 1. The monoisotopic (exact) mass is 319 g/mol. The van der Waals surface area contributed by atoms with Crippen LogP contribution in [0.3, 0.4) is 0 Å². The van der Waals surface area contributed by atoms with Crippen molar-refractivity contribution < 1.29 is 14.3 Å². The molecule has 1 unspecified atom stereocenters. The van der Waals surface area contributed by atoms with Crippen molar-refractivity contribution in [2.45, 2.75) is 6.92 Å². The fourth-order valence-corrected chi connectivity index (χ4v) is 2.61. The lowest BCUT2D eigenvalue weighted by Crippen LogP contribution is -2.23. The number of amides is 1. The predicted octanol–water partition coefficient (Wildman–Crippen LogP) is 2.35. The summed E-state index contributed by atoms with van der Waals surface area (Å²) in [4.78, 5) is 32.1. The number of fused-ring (bicyclic) bond motifs is 1. The lowest BCUT2D eigenvalue weighted by Gasteiger charge is -2.10. The van der Waals surface area contributed by atoms with Crippen molar-refractivity contribution >= 4 is 40.5 Å². The number of carbonyl (C=O) groups excluding carboxylic acids is 2. The van der Waals surface area contributed by atoms with E-state index in [1.807, 2.05) is 13.2 Å². The molecule has 22 heavy (non-hydrogen) atoms. The van der Waals surface area contributed by atoms with Gasteiger partial charge in [0.25, 0.3) is 0 Å². The molecule has 1 heterocycles. The van der Waals surface area contributed by atoms with E-state index in [1.165, 1.54) is 13.3 Å². The maximum absolute atomic E-state index is 12.0. The quantitative estimate of drug-likeness (QED) is 0.852. The van der Waals surface area contributed by atoms with Gasteiger partial charge in [-0.1, -0.05) is 13.0 Å². The van der Waals surface area contributed by atoms with E-state index in [4.69, 9.17) is 4.74 Å². The Balaban J connectivity index is 2.28. The third kappa shape index (κ3) is 3.54. The molecule has 0 spiro atoms. The van der Waals surface area contributed by atoms with Gasteiger partial charge >= 0.3 is 5.97 Å². The van der Waals surface area contributed by atoms with Gasteiger partial charge in [-0.15, -0.1) is 0 Å². The first-order chi connectivity index (χ1) is 10.6. The summed E-state index contributed by atoms with van der Waals surface area (Å²) in [7, 11) is 1.32. The molecule has 0 bridgehead atoms. The number of benzene rings is 1. The van der Waals surface area contributed by atoms with Crippen molar-refractivity contribution in [1.82, 2.24) is 9.97 Å². The summed E-state index contributed by atoms with van der Waals surface area (Å²) >= 11 is 1.61. The highest BCUT2D eigenvalue weighted by Gasteiger charge is 2.15. The van der Waals surface area contributed by atoms with Gasteiger partial charge in [-0.3, -0.25) is 10.1 Å². The molecule has 0 fully saturated rings. The molecular weight excluding hydrogens is 302 g/mol. The standard InChI is InChI=1S/C15H17N3O3S/c1-9(8-22-3)13(19)18-15-16-7-11-10(14(20)21-2)5-4-6-12(11)17-15/h4-7,9H,8H2,1-3H3,(H,16,17,18,19). The van der Waals surface area contributed by atoms with Crippen LogP contribution in [0.25, 0.3) is 10.9 Å². The highest BCUT2D eigenvalue weighted by molar-refractivity contribution is 7.98. The molecule has 1 amide bonds. The first-order valence-corrected chi connectivity index (χ1v) is 8.10. The van der Waals surface area contributed by atoms with Gasteiger partial charge in [0, 0.05) is 23.3 Å². The van der Waals surface area contributed by atoms with Crippen LogP contribution in [0.2, 0.25) is 0 Å². The molecule has 0 radical (unpaired) electrons. The van der Waals surface area contributed by atoms with Crippen LogP contribution in [0.15, 0.2) is 24.4 Å². The Hall–Kier alpha value is -2.15. The summed E-state index contributed by atoms with van der Waals surface area (Å²) in [5.74, 6) is 0.256. The lowest BCUT2D eigenvalue weighted by molar-refractivity contribution is -0.118. The molecule has 6 nitrogen and oxygen atoms in total. The second-order valence-corrected chi connectivity index (χ2v) is 5.68. The largest absolute Gasteiger partial charge is 0.465 e. The van der Waals surface area contributed by atoms with Gasteiger partial charge in [-0.25, -0.2) is 14.8 Å². The second kappa shape index (κ2) is 7.22. The van der Waals surface area contributed by atoms with E-state index < -0.39 is 5.97 Å². The van der Waals surface area contributed by atoms with Crippen LogP contribution >= 0.6 is 11.8 Å². The molecule has 1 aromatic carbocycles. The highest BCUT2D eigenvalue weighted by atomic mass is 32.2. The molecule has 1 atom stereocenters. The zero-order valence-corrected chi connectivity index (χ0v) is 13.4. The zero-order chi connectivity index (χ0) is 16.1.